The summed E-state index contributed by atoms with van der Waals surface area (Å²) in [7, 11) is 0. The minimum atomic E-state index is -0.428. The number of carbonyl (C=O) groups is 1. The second-order valence-electron chi connectivity index (χ2n) is 7.10. The van der Waals surface area contributed by atoms with Gasteiger partial charge in [0, 0.05) is 30.1 Å². The van der Waals surface area contributed by atoms with Gasteiger partial charge in [0.05, 0.1) is 17.4 Å². The second kappa shape index (κ2) is 8.51. The van der Waals surface area contributed by atoms with Gasteiger partial charge in [-0.2, -0.15) is 0 Å². The number of hydrogen-bond donors (Lipinski definition) is 0. The van der Waals surface area contributed by atoms with Gasteiger partial charge in [0.2, 0.25) is 0 Å². The molecule has 152 valence electrons. The van der Waals surface area contributed by atoms with Crippen molar-refractivity contribution in [3.05, 3.63) is 53.1 Å². The molecule has 0 radical (unpaired) electrons. The molecule has 1 aromatic carbocycles. The fraction of sp³-hybridized carbons (Fsp3) is 0.381. The maximum absolute atomic E-state index is 13.9. The quantitative estimate of drug-likeness (QED) is 0.419. The van der Waals surface area contributed by atoms with Gasteiger partial charge in [-0.05, 0) is 44.9 Å². The Morgan fingerprint density at radius 1 is 1.31 bits per heavy atom. The molecule has 0 unspecified atom stereocenters. The Morgan fingerprint density at radius 3 is 2.90 bits per heavy atom. The molecule has 0 amide bonds. The van der Waals surface area contributed by atoms with Crippen molar-refractivity contribution < 1.29 is 18.3 Å². The van der Waals surface area contributed by atoms with E-state index in [1.165, 1.54) is 6.07 Å². The Morgan fingerprint density at radius 2 is 2.14 bits per heavy atom. The van der Waals surface area contributed by atoms with Gasteiger partial charge in [0.25, 0.3) is 11.1 Å². The van der Waals surface area contributed by atoms with E-state index < -0.39 is 5.82 Å². The van der Waals surface area contributed by atoms with Crippen molar-refractivity contribution in [1.82, 2.24) is 14.8 Å². The van der Waals surface area contributed by atoms with E-state index in [-0.39, 0.29) is 34.3 Å². The summed E-state index contributed by atoms with van der Waals surface area (Å²) < 4.78 is 27.2. The van der Waals surface area contributed by atoms with Crippen LogP contribution in [-0.2, 0) is 11.3 Å². The smallest absolute Gasteiger partial charge is 0.277 e. The Kier molecular flexibility index (Phi) is 5.82. The zero-order chi connectivity index (χ0) is 20.4. The molecule has 0 bridgehead atoms. The molecular weight excluding hydrogens is 393 g/mol. The molecular formula is C21H22FN3O3S. The van der Waals surface area contributed by atoms with Gasteiger partial charge in [0.15, 0.2) is 5.78 Å². The fourth-order valence-corrected chi connectivity index (χ4v) is 4.22. The molecule has 3 aromatic rings. The molecule has 0 spiro atoms. The number of ether oxygens (including phenoxy) is 1. The summed E-state index contributed by atoms with van der Waals surface area (Å²) in [6, 6.07) is 8.13. The summed E-state index contributed by atoms with van der Waals surface area (Å²) in [5, 5.41) is 8.04. The average molecular weight is 415 g/mol. The predicted molar refractivity (Wildman–Crippen MR) is 108 cm³/mol. The zero-order valence-electron chi connectivity index (χ0n) is 16.4. The molecule has 1 saturated heterocycles. The van der Waals surface area contributed by atoms with E-state index >= 15 is 0 Å². The molecule has 1 aliphatic rings. The molecule has 0 saturated carbocycles. The van der Waals surface area contributed by atoms with Crippen LogP contribution in [0.25, 0.3) is 11.5 Å². The van der Waals surface area contributed by atoms with Crippen LogP contribution in [0.4, 0.5) is 4.39 Å². The van der Waals surface area contributed by atoms with Gasteiger partial charge >= 0.3 is 0 Å². The summed E-state index contributed by atoms with van der Waals surface area (Å²) in [6.07, 6.45) is 2.36. The third-order valence-corrected chi connectivity index (χ3v) is 5.94. The first kappa shape index (κ1) is 19.8. The van der Waals surface area contributed by atoms with Crippen LogP contribution in [0.15, 0.2) is 40.0 Å². The van der Waals surface area contributed by atoms with Gasteiger partial charge in [-0.15, -0.1) is 10.2 Å². The van der Waals surface area contributed by atoms with E-state index in [2.05, 4.69) is 14.8 Å². The number of nitrogens with zero attached hydrogens (tertiary/aromatic N) is 3. The number of thioether (sulfide) groups is 1. The summed E-state index contributed by atoms with van der Waals surface area (Å²) in [5.74, 6) is -0.161. The highest BCUT2D eigenvalue weighted by Gasteiger charge is 2.22. The zero-order valence-corrected chi connectivity index (χ0v) is 17.2. The Hall–Kier alpha value is -2.45. The van der Waals surface area contributed by atoms with Gasteiger partial charge in [0.1, 0.15) is 5.82 Å². The van der Waals surface area contributed by atoms with Crippen LogP contribution in [0.2, 0.25) is 0 Å². The second-order valence-corrected chi connectivity index (χ2v) is 8.02. The highest BCUT2D eigenvalue weighted by Crippen LogP contribution is 2.27. The van der Waals surface area contributed by atoms with Crippen molar-refractivity contribution in [2.24, 2.45) is 0 Å². The van der Waals surface area contributed by atoms with Crippen LogP contribution in [0.3, 0.4) is 0 Å². The number of rotatable bonds is 7. The van der Waals surface area contributed by atoms with Gasteiger partial charge < -0.3 is 13.7 Å². The van der Waals surface area contributed by atoms with Crippen LogP contribution in [0.1, 0.15) is 34.6 Å². The summed E-state index contributed by atoms with van der Waals surface area (Å²) in [5.41, 5.74) is 2.94. The van der Waals surface area contributed by atoms with Gasteiger partial charge in [-0.3, -0.25) is 4.79 Å². The molecule has 0 N–H and O–H groups in total. The van der Waals surface area contributed by atoms with Crippen molar-refractivity contribution in [3.63, 3.8) is 0 Å². The maximum Gasteiger partial charge on any atom is 0.277 e. The van der Waals surface area contributed by atoms with Gasteiger partial charge in [-0.25, -0.2) is 4.39 Å². The number of benzene rings is 1. The summed E-state index contributed by atoms with van der Waals surface area (Å²) in [6.45, 7) is 5.55. The third-order valence-electron chi connectivity index (χ3n) is 5.12. The number of aryl methyl sites for hydroxylation is 1. The van der Waals surface area contributed by atoms with E-state index in [9.17, 15) is 9.18 Å². The summed E-state index contributed by atoms with van der Waals surface area (Å²) >= 11 is 1.16. The third kappa shape index (κ3) is 4.28. The SMILES string of the molecule is Cc1cc(C(=O)CSc2nnc(-c3ccccc3F)o2)c(C)n1C[C@H]1CCCO1. The predicted octanol–water partition coefficient (Wildman–Crippen LogP) is 4.45. The number of aromatic nitrogens is 3. The van der Waals surface area contributed by atoms with Crippen molar-refractivity contribution in [2.75, 3.05) is 12.4 Å². The van der Waals surface area contributed by atoms with Crippen molar-refractivity contribution in [3.8, 4) is 11.5 Å². The molecule has 1 aliphatic heterocycles. The first-order valence-electron chi connectivity index (χ1n) is 9.55. The van der Waals surface area contributed by atoms with Crippen LogP contribution in [0, 0.1) is 19.7 Å². The van der Waals surface area contributed by atoms with E-state index in [1.807, 2.05) is 19.9 Å². The van der Waals surface area contributed by atoms with Gasteiger partial charge in [-0.1, -0.05) is 23.9 Å². The van der Waals surface area contributed by atoms with Crippen molar-refractivity contribution in [2.45, 2.75) is 44.6 Å². The lowest BCUT2D eigenvalue weighted by molar-refractivity contribution is 0.0957. The van der Waals surface area contributed by atoms with E-state index in [1.54, 1.807) is 18.2 Å². The van der Waals surface area contributed by atoms with Crippen molar-refractivity contribution in [1.29, 1.82) is 0 Å². The molecule has 1 atom stereocenters. The lowest BCUT2D eigenvalue weighted by Gasteiger charge is -2.14. The number of halogens is 1. The monoisotopic (exact) mass is 415 g/mol. The van der Waals surface area contributed by atoms with Crippen LogP contribution >= 0.6 is 11.8 Å². The standard InChI is InChI=1S/C21H22FN3O3S/c1-13-10-17(14(2)25(13)11-15-6-5-9-27-15)19(26)12-29-21-24-23-20(28-21)16-7-3-4-8-18(16)22/h3-4,7-8,10,15H,5-6,9,11-12H2,1-2H3/t15-/m1/s1. The normalized spacial score (nSPS) is 16.4. The minimum Gasteiger partial charge on any atom is -0.411 e. The average Bonchev–Trinajstić information content (AvgIpc) is 3.44. The summed E-state index contributed by atoms with van der Waals surface area (Å²) in [4.78, 5) is 12.8. The van der Waals surface area contributed by atoms with Crippen LogP contribution < -0.4 is 0 Å². The molecule has 3 heterocycles. The number of Topliss-reactive ketones (excluding diaryl/α,β-unsaturated/α-hetero) is 1. The molecule has 6 nitrogen and oxygen atoms in total. The molecule has 0 aliphatic carbocycles. The Labute approximate surface area is 172 Å². The van der Waals surface area contributed by atoms with E-state index in [0.29, 0.717) is 5.56 Å². The lowest BCUT2D eigenvalue weighted by Crippen LogP contribution is -2.17. The molecule has 1 fully saturated rings. The lowest BCUT2D eigenvalue weighted by atomic mass is 10.2. The molecule has 29 heavy (non-hydrogen) atoms. The molecule has 8 heteroatoms. The fourth-order valence-electron chi connectivity index (χ4n) is 3.57. The highest BCUT2D eigenvalue weighted by molar-refractivity contribution is 7.99. The molecule has 4 rings (SSSR count). The molecule has 2 aromatic heterocycles. The highest BCUT2D eigenvalue weighted by atomic mass is 32.2. The largest absolute Gasteiger partial charge is 0.411 e. The van der Waals surface area contributed by atoms with E-state index in [0.717, 1.165) is 49.1 Å². The van der Waals surface area contributed by atoms with E-state index in [4.69, 9.17) is 9.15 Å². The minimum absolute atomic E-state index is 0.00710. The Balaban J connectivity index is 1.42. The number of carbonyl (C=O) groups excluding carboxylic acids is 1. The first-order chi connectivity index (χ1) is 14.0. The first-order valence-corrected chi connectivity index (χ1v) is 10.5. The maximum atomic E-state index is 13.9. The Bertz CT molecular complexity index is 1020. The topological polar surface area (TPSA) is 70.2 Å². The number of ketones is 1. The number of hydrogen-bond acceptors (Lipinski definition) is 6. The van der Waals surface area contributed by atoms with Crippen molar-refractivity contribution >= 4 is 17.5 Å². The van der Waals surface area contributed by atoms with Crippen LogP contribution in [-0.4, -0.2) is 39.0 Å². The van der Waals surface area contributed by atoms with Crippen LogP contribution in [0.5, 0.6) is 0 Å².